The van der Waals surface area contributed by atoms with Crippen LogP contribution < -0.4 is 5.32 Å². The highest BCUT2D eigenvalue weighted by Crippen LogP contribution is 2.20. The van der Waals surface area contributed by atoms with Crippen molar-refractivity contribution in [2.24, 2.45) is 10.9 Å². The number of rotatable bonds is 3. The molecule has 2 rings (SSSR count). The number of carbonyl (C=O) groups is 3. The Morgan fingerprint density at radius 3 is 2.88 bits per heavy atom. The van der Waals surface area contributed by atoms with E-state index in [0.29, 0.717) is 6.42 Å². The fourth-order valence-electron chi connectivity index (χ4n) is 1.85. The first-order chi connectivity index (χ1) is 7.63. The van der Waals surface area contributed by atoms with Crippen molar-refractivity contribution in [3.05, 3.63) is 0 Å². The molecule has 0 aromatic heterocycles. The molecular formula is C10H13N3O3. The van der Waals surface area contributed by atoms with Crippen molar-refractivity contribution in [3.8, 4) is 0 Å². The van der Waals surface area contributed by atoms with Crippen LogP contribution in [0.2, 0.25) is 0 Å². The maximum atomic E-state index is 11.9. The van der Waals surface area contributed by atoms with E-state index in [1.54, 1.807) is 0 Å². The van der Waals surface area contributed by atoms with E-state index >= 15 is 0 Å². The molecular weight excluding hydrogens is 210 g/mol. The van der Waals surface area contributed by atoms with Crippen LogP contribution in [0.4, 0.5) is 0 Å². The summed E-state index contributed by atoms with van der Waals surface area (Å²) in [4.78, 5) is 39.5. The number of carbonyl (C=O) groups excluding carboxylic acids is 3. The summed E-state index contributed by atoms with van der Waals surface area (Å²) < 4.78 is 0. The van der Waals surface area contributed by atoms with Gasteiger partial charge in [-0.3, -0.25) is 24.6 Å². The van der Waals surface area contributed by atoms with Crippen LogP contribution in [0.25, 0.3) is 0 Å². The molecule has 0 aromatic carbocycles. The summed E-state index contributed by atoms with van der Waals surface area (Å²) >= 11 is 0. The summed E-state index contributed by atoms with van der Waals surface area (Å²) in [5, 5.41) is 2.39. The van der Waals surface area contributed by atoms with Crippen molar-refractivity contribution in [3.63, 3.8) is 0 Å². The number of guanidine groups is 1. The van der Waals surface area contributed by atoms with E-state index in [0.717, 1.165) is 12.8 Å². The highest BCUT2D eigenvalue weighted by molar-refractivity contribution is 6.21. The van der Waals surface area contributed by atoms with E-state index in [9.17, 15) is 14.4 Å². The smallest absolute Gasteiger partial charge is 0.261 e. The maximum absolute atomic E-state index is 11.9. The van der Waals surface area contributed by atoms with Crippen LogP contribution in [0.5, 0.6) is 0 Å². The molecule has 2 heterocycles. The van der Waals surface area contributed by atoms with E-state index in [-0.39, 0.29) is 24.3 Å². The number of hydrogen-bond acceptors (Lipinski definition) is 3. The van der Waals surface area contributed by atoms with E-state index in [1.165, 1.54) is 4.90 Å². The van der Waals surface area contributed by atoms with Crippen molar-refractivity contribution >= 4 is 23.7 Å². The van der Waals surface area contributed by atoms with Gasteiger partial charge in [-0.05, 0) is 6.42 Å². The molecule has 0 spiro atoms. The third-order valence-corrected chi connectivity index (χ3v) is 2.73. The lowest BCUT2D eigenvalue weighted by molar-refractivity contribution is -0.140. The zero-order valence-corrected chi connectivity index (χ0v) is 9.02. The van der Waals surface area contributed by atoms with Crippen molar-refractivity contribution in [1.29, 1.82) is 0 Å². The molecule has 1 N–H and O–H groups in total. The molecule has 0 radical (unpaired) electrons. The quantitative estimate of drug-likeness (QED) is 0.664. The third kappa shape index (κ3) is 1.70. The largest absolute Gasteiger partial charge is 0.294 e. The first-order valence-corrected chi connectivity index (χ1v) is 5.37. The monoisotopic (exact) mass is 223 g/mol. The minimum Gasteiger partial charge on any atom is -0.294 e. The first kappa shape index (κ1) is 10.8. The van der Waals surface area contributed by atoms with Gasteiger partial charge in [-0.25, -0.2) is 0 Å². The number of amides is 3. The van der Waals surface area contributed by atoms with Gasteiger partial charge in [0.1, 0.15) is 12.5 Å². The molecule has 6 nitrogen and oxygen atoms in total. The summed E-state index contributed by atoms with van der Waals surface area (Å²) in [6.07, 6.45) is 2.24. The summed E-state index contributed by atoms with van der Waals surface area (Å²) in [5.74, 6) is -1.64. The van der Waals surface area contributed by atoms with Gasteiger partial charge in [0.2, 0.25) is 17.8 Å². The lowest BCUT2D eigenvalue weighted by Crippen LogP contribution is -2.46. The molecule has 2 aliphatic rings. The standard InChI is InChI=1S/C10H13N3O3/c1-2-3-4-6-8(15)12-10-11-7(14)5-13(10)9(6)16/h6H,2-5H2,1H3,(H,11,12,14,15). The molecule has 1 unspecified atom stereocenters. The van der Waals surface area contributed by atoms with Gasteiger partial charge in [0, 0.05) is 0 Å². The molecule has 0 aromatic rings. The van der Waals surface area contributed by atoms with Crippen LogP contribution in [-0.4, -0.2) is 35.1 Å². The molecule has 0 saturated carbocycles. The van der Waals surface area contributed by atoms with Gasteiger partial charge in [-0.2, -0.15) is 4.99 Å². The molecule has 1 fully saturated rings. The topological polar surface area (TPSA) is 78.8 Å². The SMILES string of the molecule is CCCCC1C(=O)N=C2NC(=O)CN2C1=O. The van der Waals surface area contributed by atoms with E-state index in [2.05, 4.69) is 10.3 Å². The lowest BCUT2D eigenvalue weighted by atomic mass is 9.99. The second-order valence-corrected chi connectivity index (χ2v) is 3.94. The summed E-state index contributed by atoms with van der Waals surface area (Å²) in [6, 6.07) is 0. The number of hydrogen-bond donors (Lipinski definition) is 1. The van der Waals surface area contributed by atoms with Crippen LogP contribution >= 0.6 is 0 Å². The Morgan fingerprint density at radius 2 is 2.19 bits per heavy atom. The Kier molecular flexibility index (Phi) is 2.72. The molecule has 6 heteroatoms. The normalized spacial score (nSPS) is 24.3. The Balaban J connectivity index is 2.18. The Hall–Kier alpha value is -1.72. The van der Waals surface area contributed by atoms with Crippen LogP contribution in [-0.2, 0) is 14.4 Å². The van der Waals surface area contributed by atoms with Crippen molar-refractivity contribution in [2.45, 2.75) is 26.2 Å². The zero-order chi connectivity index (χ0) is 11.7. The predicted molar refractivity (Wildman–Crippen MR) is 55.3 cm³/mol. The van der Waals surface area contributed by atoms with Crippen molar-refractivity contribution in [1.82, 2.24) is 10.2 Å². The predicted octanol–water partition coefficient (Wildman–Crippen LogP) is -0.353. The first-order valence-electron chi connectivity index (χ1n) is 5.37. The van der Waals surface area contributed by atoms with Crippen LogP contribution in [0.1, 0.15) is 26.2 Å². The van der Waals surface area contributed by atoms with Crippen LogP contribution in [0.3, 0.4) is 0 Å². The van der Waals surface area contributed by atoms with E-state index < -0.39 is 11.8 Å². The lowest BCUT2D eigenvalue weighted by Gasteiger charge is -2.24. The Labute approximate surface area is 92.7 Å². The van der Waals surface area contributed by atoms with Gasteiger partial charge in [0.25, 0.3) is 5.91 Å². The van der Waals surface area contributed by atoms with Crippen LogP contribution in [0, 0.1) is 5.92 Å². The molecule has 1 atom stereocenters. The summed E-state index contributed by atoms with van der Waals surface area (Å²) in [7, 11) is 0. The summed E-state index contributed by atoms with van der Waals surface area (Å²) in [6.45, 7) is 1.97. The Morgan fingerprint density at radius 1 is 1.44 bits per heavy atom. The Bertz CT molecular complexity index is 389. The van der Waals surface area contributed by atoms with Crippen molar-refractivity contribution < 1.29 is 14.4 Å². The summed E-state index contributed by atoms with van der Waals surface area (Å²) in [5.41, 5.74) is 0. The molecule has 3 amide bonds. The molecule has 0 aliphatic carbocycles. The molecule has 0 bridgehead atoms. The van der Waals surface area contributed by atoms with E-state index in [1.807, 2.05) is 6.92 Å². The van der Waals surface area contributed by atoms with Gasteiger partial charge >= 0.3 is 0 Å². The van der Waals surface area contributed by atoms with Crippen LogP contribution in [0.15, 0.2) is 4.99 Å². The molecule has 1 saturated heterocycles. The second kappa shape index (κ2) is 4.03. The van der Waals surface area contributed by atoms with E-state index in [4.69, 9.17) is 0 Å². The average Bonchev–Trinajstić information content (AvgIpc) is 2.59. The number of nitrogens with zero attached hydrogens (tertiary/aromatic N) is 2. The molecule has 86 valence electrons. The average molecular weight is 223 g/mol. The second-order valence-electron chi connectivity index (χ2n) is 3.94. The van der Waals surface area contributed by atoms with Gasteiger partial charge in [0.15, 0.2) is 0 Å². The minimum absolute atomic E-state index is 0.0203. The highest BCUT2D eigenvalue weighted by Gasteiger charge is 2.41. The number of nitrogens with one attached hydrogen (secondary N) is 1. The fraction of sp³-hybridized carbons (Fsp3) is 0.600. The van der Waals surface area contributed by atoms with Gasteiger partial charge < -0.3 is 0 Å². The number of unbranched alkanes of at least 4 members (excludes halogenated alkanes) is 1. The van der Waals surface area contributed by atoms with Gasteiger partial charge in [-0.1, -0.05) is 19.8 Å². The maximum Gasteiger partial charge on any atom is 0.261 e. The number of fused-ring (bicyclic) bond motifs is 1. The highest BCUT2D eigenvalue weighted by atomic mass is 16.2. The number of aliphatic imine (C=N–C) groups is 1. The van der Waals surface area contributed by atoms with Crippen molar-refractivity contribution in [2.75, 3.05) is 6.54 Å². The van der Waals surface area contributed by atoms with Gasteiger partial charge in [0.05, 0.1) is 0 Å². The molecule has 16 heavy (non-hydrogen) atoms. The fourth-order valence-corrected chi connectivity index (χ4v) is 1.85. The third-order valence-electron chi connectivity index (χ3n) is 2.73. The minimum atomic E-state index is -0.698. The van der Waals surface area contributed by atoms with Gasteiger partial charge in [-0.15, -0.1) is 0 Å². The zero-order valence-electron chi connectivity index (χ0n) is 9.02. The molecule has 2 aliphatic heterocycles.